The molecule has 2 N–H and O–H groups in total. The lowest BCUT2D eigenvalue weighted by Gasteiger charge is -2.17. The van der Waals surface area contributed by atoms with E-state index < -0.39 is 15.4 Å². The molecule has 17 heavy (non-hydrogen) atoms. The van der Waals surface area contributed by atoms with Crippen molar-refractivity contribution >= 4 is 15.9 Å². The van der Waals surface area contributed by atoms with Crippen LogP contribution in [0.15, 0.2) is 28.0 Å². The zero-order chi connectivity index (χ0) is 12.8. The second kappa shape index (κ2) is 3.58. The molecule has 2 rings (SSSR count). The predicted molar refractivity (Wildman–Crippen MR) is 64.2 cm³/mol. The van der Waals surface area contributed by atoms with Crippen molar-refractivity contribution < 1.29 is 18.6 Å². The molecule has 0 saturated carbocycles. The van der Waals surface area contributed by atoms with Crippen LogP contribution >= 0.6 is 0 Å². The van der Waals surface area contributed by atoms with Crippen molar-refractivity contribution in [2.24, 2.45) is 0 Å². The number of hydrogen-bond acceptors (Lipinski definition) is 4. The van der Waals surface area contributed by atoms with E-state index in [1.807, 2.05) is 0 Å². The van der Waals surface area contributed by atoms with Gasteiger partial charge in [0, 0.05) is 6.42 Å². The van der Waals surface area contributed by atoms with Gasteiger partial charge in [-0.2, -0.15) is 0 Å². The molecule has 1 heterocycles. The molecule has 5 heteroatoms. The van der Waals surface area contributed by atoms with E-state index in [4.69, 9.17) is 0 Å². The van der Waals surface area contributed by atoms with Crippen LogP contribution in [0.4, 0.5) is 0 Å². The minimum absolute atomic E-state index is 0.0603. The molecular formula is C12H14O4S. The van der Waals surface area contributed by atoms with Gasteiger partial charge in [-0.05, 0) is 43.7 Å². The van der Waals surface area contributed by atoms with Crippen LogP contribution in [0.5, 0.6) is 5.75 Å². The minimum Gasteiger partial charge on any atom is -0.508 e. The maximum Gasteiger partial charge on any atom is 0.203 e. The molecule has 1 aliphatic heterocycles. The zero-order valence-electron chi connectivity index (χ0n) is 9.64. The summed E-state index contributed by atoms with van der Waals surface area (Å²) in [6.07, 6.45) is 1.60. The quantitative estimate of drug-likeness (QED) is 0.842. The van der Waals surface area contributed by atoms with Crippen molar-refractivity contribution in [1.82, 2.24) is 0 Å². The highest BCUT2D eigenvalue weighted by Crippen LogP contribution is 2.38. The predicted octanol–water partition coefficient (Wildman–Crippen LogP) is 1.68. The third-order valence-electron chi connectivity index (χ3n) is 2.56. The van der Waals surface area contributed by atoms with Gasteiger partial charge in [0.1, 0.15) is 5.75 Å². The Morgan fingerprint density at radius 3 is 2.53 bits per heavy atom. The number of aliphatic hydroxyl groups is 1. The number of sulfone groups is 1. The molecule has 1 aliphatic rings. The van der Waals surface area contributed by atoms with Crippen molar-refractivity contribution in [2.75, 3.05) is 0 Å². The molecule has 0 aromatic heterocycles. The van der Waals surface area contributed by atoms with Gasteiger partial charge in [-0.1, -0.05) is 0 Å². The summed E-state index contributed by atoms with van der Waals surface area (Å²) >= 11 is 0. The average Bonchev–Trinajstić information content (AvgIpc) is 2.38. The molecule has 1 aromatic carbocycles. The number of fused-ring (bicyclic) bond motifs is 1. The maximum absolute atomic E-state index is 12.1. The van der Waals surface area contributed by atoms with Crippen LogP contribution in [-0.4, -0.2) is 24.2 Å². The lowest BCUT2D eigenvalue weighted by molar-refractivity contribution is 0.0829. The topological polar surface area (TPSA) is 74.6 Å². The third-order valence-corrected chi connectivity index (χ3v) is 4.44. The molecule has 92 valence electrons. The van der Waals surface area contributed by atoms with Crippen LogP contribution in [-0.2, 0) is 9.84 Å². The number of phenolic OH excluding ortho intramolecular Hbond substituents is 1. The van der Waals surface area contributed by atoms with Gasteiger partial charge in [-0.25, -0.2) is 8.42 Å². The summed E-state index contributed by atoms with van der Waals surface area (Å²) in [6, 6.07) is 4.23. The molecule has 0 bridgehead atoms. The van der Waals surface area contributed by atoms with Crippen LogP contribution in [0.2, 0.25) is 0 Å². The highest BCUT2D eigenvalue weighted by Gasteiger charge is 2.32. The molecule has 0 aliphatic carbocycles. The van der Waals surface area contributed by atoms with E-state index in [-0.39, 0.29) is 22.0 Å². The van der Waals surface area contributed by atoms with Crippen LogP contribution in [0, 0.1) is 0 Å². The molecule has 0 saturated heterocycles. The second-order valence-electron chi connectivity index (χ2n) is 4.83. The summed E-state index contributed by atoms with van der Waals surface area (Å²) < 4.78 is 24.2. The Balaban J connectivity index is 2.50. The van der Waals surface area contributed by atoms with Gasteiger partial charge in [-0.15, -0.1) is 0 Å². The Morgan fingerprint density at radius 2 is 1.94 bits per heavy atom. The first-order chi connectivity index (χ1) is 7.70. The van der Waals surface area contributed by atoms with E-state index >= 15 is 0 Å². The largest absolute Gasteiger partial charge is 0.508 e. The molecule has 0 amide bonds. The van der Waals surface area contributed by atoms with Gasteiger partial charge < -0.3 is 10.2 Å². The van der Waals surface area contributed by atoms with Crippen molar-refractivity contribution in [2.45, 2.75) is 30.8 Å². The maximum atomic E-state index is 12.1. The van der Waals surface area contributed by atoms with E-state index in [1.54, 1.807) is 26.0 Å². The summed E-state index contributed by atoms with van der Waals surface area (Å²) in [7, 11) is -3.56. The van der Waals surface area contributed by atoms with Crippen LogP contribution < -0.4 is 0 Å². The SMILES string of the molecule is CC(C)(O)CC1=Cc2ccc(O)cc2S1(=O)=O. The monoisotopic (exact) mass is 254 g/mol. The Bertz CT molecular complexity index is 591. The molecule has 0 radical (unpaired) electrons. The van der Waals surface area contributed by atoms with E-state index in [0.717, 1.165) is 0 Å². The van der Waals surface area contributed by atoms with Gasteiger partial charge in [0.05, 0.1) is 15.4 Å². The Hall–Kier alpha value is -1.33. The molecule has 0 atom stereocenters. The summed E-state index contributed by atoms with van der Waals surface area (Å²) in [5, 5.41) is 19.0. The Morgan fingerprint density at radius 1 is 1.29 bits per heavy atom. The fourth-order valence-corrected chi connectivity index (χ4v) is 3.66. The van der Waals surface area contributed by atoms with E-state index in [9.17, 15) is 18.6 Å². The molecule has 0 spiro atoms. The summed E-state index contributed by atoms with van der Waals surface area (Å²) in [6.45, 7) is 3.12. The number of hydrogen-bond donors (Lipinski definition) is 2. The van der Waals surface area contributed by atoms with E-state index in [2.05, 4.69) is 0 Å². The van der Waals surface area contributed by atoms with Crippen molar-refractivity contribution in [1.29, 1.82) is 0 Å². The number of aromatic hydroxyl groups is 1. The molecular weight excluding hydrogens is 240 g/mol. The van der Waals surface area contributed by atoms with Crippen molar-refractivity contribution in [3.05, 3.63) is 28.7 Å². The second-order valence-corrected chi connectivity index (χ2v) is 6.80. The average molecular weight is 254 g/mol. The van der Waals surface area contributed by atoms with E-state index in [0.29, 0.717) is 5.56 Å². The highest BCUT2D eigenvalue weighted by molar-refractivity contribution is 7.95. The molecule has 4 nitrogen and oxygen atoms in total. The Labute approximate surface area is 100 Å². The van der Waals surface area contributed by atoms with Crippen molar-refractivity contribution in [3.63, 3.8) is 0 Å². The number of rotatable bonds is 2. The van der Waals surface area contributed by atoms with Gasteiger partial charge in [0.2, 0.25) is 9.84 Å². The van der Waals surface area contributed by atoms with Gasteiger partial charge >= 0.3 is 0 Å². The first-order valence-corrected chi connectivity index (χ1v) is 6.69. The zero-order valence-corrected chi connectivity index (χ0v) is 10.5. The van der Waals surface area contributed by atoms with Crippen LogP contribution in [0.25, 0.3) is 6.08 Å². The van der Waals surface area contributed by atoms with Crippen LogP contribution in [0.3, 0.4) is 0 Å². The van der Waals surface area contributed by atoms with Gasteiger partial charge in [0.15, 0.2) is 0 Å². The molecule has 0 fully saturated rings. The minimum atomic E-state index is -3.56. The molecule has 1 aromatic rings. The van der Waals surface area contributed by atoms with E-state index in [1.165, 1.54) is 12.1 Å². The standard InChI is InChI=1S/C12H14O4S/c1-12(2,14)7-10-5-8-3-4-9(13)6-11(8)17(10,15)16/h3-6,13-14H,7H2,1-2H3. The number of benzene rings is 1. The highest BCUT2D eigenvalue weighted by atomic mass is 32.2. The van der Waals surface area contributed by atoms with Gasteiger partial charge in [-0.3, -0.25) is 0 Å². The van der Waals surface area contributed by atoms with Gasteiger partial charge in [0.25, 0.3) is 0 Å². The first-order valence-electron chi connectivity index (χ1n) is 5.21. The Kier molecular flexibility index (Phi) is 2.56. The molecule has 0 unspecified atom stereocenters. The van der Waals surface area contributed by atoms with Crippen molar-refractivity contribution in [3.8, 4) is 5.75 Å². The summed E-state index contributed by atoms with van der Waals surface area (Å²) in [5.41, 5.74) is -0.523. The fraction of sp³-hybridized carbons (Fsp3) is 0.333. The summed E-state index contributed by atoms with van der Waals surface area (Å²) in [4.78, 5) is 0.294. The smallest absolute Gasteiger partial charge is 0.203 e. The summed E-state index contributed by atoms with van der Waals surface area (Å²) in [5.74, 6) is -0.0785. The third kappa shape index (κ3) is 2.21. The fourth-order valence-electron chi connectivity index (χ4n) is 1.84. The lowest BCUT2D eigenvalue weighted by Crippen LogP contribution is -2.21. The number of phenols is 1. The normalized spacial score (nSPS) is 17.7. The lowest BCUT2D eigenvalue weighted by atomic mass is 10.0. The first kappa shape index (κ1) is 12.1. The van der Waals surface area contributed by atoms with Crippen LogP contribution in [0.1, 0.15) is 25.8 Å².